The smallest absolute Gasteiger partial charge is 0.356 e. The zero-order chi connectivity index (χ0) is 15.9. The fourth-order valence-electron chi connectivity index (χ4n) is 1.59. The fourth-order valence-corrected chi connectivity index (χ4v) is 2.00. The van der Waals surface area contributed by atoms with Crippen molar-refractivity contribution in [2.75, 3.05) is 20.1 Å². The molecule has 1 rings (SSSR count). The molecule has 0 aliphatic carbocycles. The number of rotatable bonds is 5. The van der Waals surface area contributed by atoms with E-state index < -0.39 is 12.6 Å². The Morgan fingerprint density at radius 1 is 1.23 bits per heavy atom. The summed E-state index contributed by atoms with van der Waals surface area (Å²) in [6, 6.07) is 4.62. The summed E-state index contributed by atoms with van der Waals surface area (Å²) in [6.45, 7) is 0.105. The lowest BCUT2D eigenvalue weighted by molar-refractivity contribution is -0.132. The molecule has 9 heteroatoms. The maximum Gasteiger partial charge on any atom is 0.390 e. The zero-order valence-corrected chi connectivity index (χ0v) is 15.7. The number of nitrogens with one attached hydrogen (secondary N) is 2. The SMILES string of the molecule is CN=C(NCCc1cc(Br)ccc1F)NCCC(F)(F)F.I. The molecule has 22 heavy (non-hydrogen) atoms. The predicted molar refractivity (Wildman–Crippen MR) is 93.3 cm³/mol. The second-order valence-corrected chi connectivity index (χ2v) is 5.19. The lowest BCUT2D eigenvalue weighted by Crippen LogP contribution is -2.39. The van der Waals surface area contributed by atoms with Crippen molar-refractivity contribution in [3.05, 3.63) is 34.1 Å². The molecule has 0 saturated heterocycles. The Labute approximate surface area is 152 Å². The van der Waals surface area contributed by atoms with E-state index in [-0.39, 0.29) is 42.3 Å². The third-order valence-electron chi connectivity index (χ3n) is 2.62. The third-order valence-corrected chi connectivity index (χ3v) is 3.11. The quantitative estimate of drug-likeness (QED) is 0.280. The maximum atomic E-state index is 13.5. The molecule has 1 aromatic rings. The minimum atomic E-state index is -4.20. The molecule has 0 radical (unpaired) electrons. The van der Waals surface area contributed by atoms with Crippen LogP contribution in [-0.4, -0.2) is 32.3 Å². The van der Waals surface area contributed by atoms with Gasteiger partial charge in [0.2, 0.25) is 0 Å². The molecule has 0 unspecified atom stereocenters. The van der Waals surface area contributed by atoms with Crippen LogP contribution in [0.1, 0.15) is 12.0 Å². The molecule has 0 saturated carbocycles. The number of halogens is 6. The van der Waals surface area contributed by atoms with Crippen molar-refractivity contribution >= 4 is 45.9 Å². The number of hydrogen-bond acceptors (Lipinski definition) is 1. The number of aliphatic imine (C=N–C) groups is 1. The van der Waals surface area contributed by atoms with Gasteiger partial charge in [-0.15, -0.1) is 24.0 Å². The summed E-state index contributed by atoms with van der Waals surface area (Å²) >= 11 is 3.25. The van der Waals surface area contributed by atoms with Gasteiger partial charge in [0.15, 0.2) is 5.96 Å². The van der Waals surface area contributed by atoms with Gasteiger partial charge < -0.3 is 10.6 Å². The van der Waals surface area contributed by atoms with E-state index in [1.165, 1.54) is 13.1 Å². The van der Waals surface area contributed by atoms with E-state index in [0.29, 0.717) is 18.5 Å². The van der Waals surface area contributed by atoms with Crippen molar-refractivity contribution in [1.29, 1.82) is 0 Å². The fraction of sp³-hybridized carbons (Fsp3) is 0.462. The number of benzene rings is 1. The Morgan fingerprint density at radius 3 is 2.45 bits per heavy atom. The summed E-state index contributed by atoms with van der Waals surface area (Å²) in [7, 11) is 1.46. The molecule has 0 atom stereocenters. The van der Waals surface area contributed by atoms with Crippen LogP contribution in [0.5, 0.6) is 0 Å². The monoisotopic (exact) mass is 497 g/mol. The molecule has 2 N–H and O–H groups in total. The van der Waals surface area contributed by atoms with Crippen LogP contribution in [0.15, 0.2) is 27.7 Å². The lowest BCUT2D eigenvalue weighted by atomic mass is 10.1. The van der Waals surface area contributed by atoms with Gasteiger partial charge in [-0.3, -0.25) is 4.99 Å². The van der Waals surface area contributed by atoms with Crippen molar-refractivity contribution in [2.24, 2.45) is 4.99 Å². The number of nitrogens with zero attached hydrogens (tertiary/aromatic N) is 1. The average Bonchev–Trinajstić information content (AvgIpc) is 2.39. The van der Waals surface area contributed by atoms with Crippen LogP contribution in [0.4, 0.5) is 17.6 Å². The summed E-state index contributed by atoms with van der Waals surface area (Å²) in [5.74, 6) is -0.0605. The first kappa shape index (κ1) is 21.4. The van der Waals surface area contributed by atoms with E-state index in [1.54, 1.807) is 12.1 Å². The van der Waals surface area contributed by atoms with Crippen LogP contribution in [-0.2, 0) is 6.42 Å². The van der Waals surface area contributed by atoms with Crippen molar-refractivity contribution in [3.8, 4) is 0 Å². The molecule has 0 spiro atoms. The van der Waals surface area contributed by atoms with Gasteiger partial charge in [0.1, 0.15) is 5.82 Å². The summed E-state index contributed by atoms with van der Waals surface area (Å²) < 4.78 is 50.3. The first-order valence-electron chi connectivity index (χ1n) is 6.27. The molecule has 0 fully saturated rings. The van der Waals surface area contributed by atoms with E-state index >= 15 is 0 Å². The van der Waals surface area contributed by atoms with E-state index in [1.807, 2.05) is 0 Å². The van der Waals surface area contributed by atoms with Crippen LogP contribution >= 0.6 is 39.9 Å². The van der Waals surface area contributed by atoms with Crippen molar-refractivity contribution < 1.29 is 17.6 Å². The predicted octanol–water partition coefficient (Wildman–Crippen LogP) is 3.87. The molecule has 0 aliphatic heterocycles. The second-order valence-electron chi connectivity index (χ2n) is 4.28. The molecule has 0 heterocycles. The van der Waals surface area contributed by atoms with Gasteiger partial charge >= 0.3 is 6.18 Å². The minimum Gasteiger partial charge on any atom is -0.356 e. The van der Waals surface area contributed by atoms with Gasteiger partial charge in [-0.25, -0.2) is 4.39 Å². The van der Waals surface area contributed by atoms with Crippen LogP contribution in [0.25, 0.3) is 0 Å². The number of alkyl halides is 3. The molecular weight excluding hydrogens is 481 g/mol. The highest BCUT2D eigenvalue weighted by Gasteiger charge is 2.26. The van der Waals surface area contributed by atoms with E-state index in [2.05, 4.69) is 31.6 Å². The highest BCUT2D eigenvalue weighted by molar-refractivity contribution is 14.0. The van der Waals surface area contributed by atoms with E-state index in [4.69, 9.17) is 0 Å². The minimum absolute atomic E-state index is 0. The highest BCUT2D eigenvalue weighted by Crippen LogP contribution is 2.18. The topological polar surface area (TPSA) is 36.4 Å². The highest BCUT2D eigenvalue weighted by atomic mass is 127. The molecule has 0 aliphatic rings. The Balaban J connectivity index is 0.00000441. The lowest BCUT2D eigenvalue weighted by Gasteiger charge is -2.13. The van der Waals surface area contributed by atoms with Gasteiger partial charge in [0.05, 0.1) is 6.42 Å². The molecule has 126 valence electrons. The largest absolute Gasteiger partial charge is 0.390 e. The summed E-state index contributed by atoms with van der Waals surface area (Å²) in [5, 5.41) is 5.39. The van der Waals surface area contributed by atoms with Gasteiger partial charge in [0.25, 0.3) is 0 Å². The van der Waals surface area contributed by atoms with Crippen molar-refractivity contribution in [3.63, 3.8) is 0 Å². The van der Waals surface area contributed by atoms with Crippen LogP contribution in [0.2, 0.25) is 0 Å². The normalized spacial score (nSPS) is 11.8. The van der Waals surface area contributed by atoms with Gasteiger partial charge in [-0.1, -0.05) is 15.9 Å². The summed E-state index contributed by atoms with van der Waals surface area (Å²) in [6.07, 6.45) is -4.75. The molecule has 0 amide bonds. The van der Waals surface area contributed by atoms with Crippen molar-refractivity contribution in [2.45, 2.75) is 19.0 Å². The molecule has 0 aromatic heterocycles. The van der Waals surface area contributed by atoms with Gasteiger partial charge in [-0.2, -0.15) is 13.2 Å². The Kier molecular flexibility index (Phi) is 9.97. The maximum absolute atomic E-state index is 13.5. The first-order chi connectivity index (χ1) is 9.81. The standard InChI is InChI=1S/C13H16BrF4N3.HI/c1-19-12(21-7-5-13(16,17)18)20-6-4-9-8-10(14)2-3-11(9)15;/h2-3,8H,4-7H2,1H3,(H2,19,20,21);1H. The molecule has 3 nitrogen and oxygen atoms in total. The first-order valence-corrected chi connectivity index (χ1v) is 7.06. The number of hydrogen-bond donors (Lipinski definition) is 2. The number of guanidine groups is 1. The van der Waals surface area contributed by atoms with Crippen LogP contribution in [0, 0.1) is 5.82 Å². The Hall–Kier alpha value is -0.580. The van der Waals surface area contributed by atoms with Crippen LogP contribution in [0.3, 0.4) is 0 Å². The Bertz CT molecular complexity index is 495. The molecule has 1 aromatic carbocycles. The second kappa shape index (κ2) is 10.2. The summed E-state index contributed by atoms with van der Waals surface area (Å²) in [5.41, 5.74) is 0.516. The zero-order valence-electron chi connectivity index (χ0n) is 11.8. The molecule has 0 bridgehead atoms. The molecular formula is C13H17BrF4IN3. The average molecular weight is 498 g/mol. The van der Waals surface area contributed by atoms with E-state index in [0.717, 1.165) is 4.47 Å². The Morgan fingerprint density at radius 2 is 1.86 bits per heavy atom. The third kappa shape index (κ3) is 8.76. The van der Waals surface area contributed by atoms with Gasteiger partial charge in [-0.05, 0) is 30.2 Å². The van der Waals surface area contributed by atoms with Crippen LogP contribution < -0.4 is 10.6 Å². The summed E-state index contributed by atoms with van der Waals surface area (Å²) in [4.78, 5) is 3.80. The van der Waals surface area contributed by atoms with Crippen molar-refractivity contribution in [1.82, 2.24) is 10.6 Å². The van der Waals surface area contributed by atoms with Gasteiger partial charge in [0, 0.05) is 24.6 Å². The van der Waals surface area contributed by atoms with E-state index in [9.17, 15) is 17.6 Å².